The number of carbonyl (C=O) groups excluding carboxylic acids is 1. The molecule has 6 nitrogen and oxygen atoms in total. The molecule has 1 aromatic heterocycles. The third-order valence-electron chi connectivity index (χ3n) is 3.26. The van der Waals surface area contributed by atoms with Gasteiger partial charge in [0.25, 0.3) is 5.91 Å². The van der Waals surface area contributed by atoms with Gasteiger partial charge in [-0.3, -0.25) is 14.8 Å². The molecule has 0 saturated heterocycles. The van der Waals surface area contributed by atoms with Crippen molar-refractivity contribution in [2.75, 3.05) is 32.4 Å². The molecule has 0 aliphatic rings. The molecule has 26 heavy (non-hydrogen) atoms. The highest BCUT2D eigenvalue weighted by atomic mass is 127. The predicted molar refractivity (Wildman–Crippen MR) is 119 cm³/mol. The number of hydrogen-bond acceptors (Lipinski definition) is 4. The smallest absolute Gasteiger partial charge is 0.252 e. The molecule has 0 aliphatic heterocycles. The number of amides is 1. The Labute approximate surface area is 175 Å². The first-order valence-corrected chi connectivity index (χ1v) is 9.09. The lowest BCUT2D eigenvalue weighted by Gasteiger charge is -2.12. The van der Waals surface area contributed by atoms with Crippen molar-refractivity contribution < 1.29 is 4.79 Å². The van der Waals surface area contributed by atoms with Gasteiger partial charge in [-0.15, -0.1) is 35.7 Å². The van der Waals surface area contributed by atoms with Gasteiger partial charge in [-0.05, 0) is 24.3 Å². The van der Waals surface area contributed by atoms with Gasteiger partial charge < -0.3 is 16.0 Å². The third-order valence-corrected chi connectivity index (χ3v) is 4.27. The zero-order valence-electron chi connectivity index (χ0n) is 14.6. The van der Waals surface area contributed by atoms with E-state index in [1.807, 2.05) is 18.2 Å². The van der Waals surface area contributed by atoms with Crippen LogP contribution < -0.4 is 16.0 Å². The molecular weight excluding hydrogens is 461 g/mol. The lowest BCUT2D eigenvalue weighted by Crippen LogP contribution is -2.42. The van der Waals surface area contributed by atoms with E-state index in [0.717, 1.165) is 18.3 Å². The molecule has 3 N–H and O–H groups in total. The minimum absolute atomic E-state index is 0. The van der Waals surface area contributed by atoms with E-state index in [-0.39, 0.29) is 29.9 Å². The van der Waals surface area contributed by atoms with Gasteiger partial charge in [0.05, 0.1) is 5.56 Å². The average molecular weight is 485 g/mol. The number of nitrogens with zero attached hydrogens (tertiary/aromatic N) is 2. The largest absolute Gasteiger partial charge is 0.356 e. The maximum atomic E-state index is 11.9. The number of aliphatic imine (C=N–C) groups is 1. The lowest BCUT2D eigenvalue weighted by molar-refractivity contribution is 0.0954. The highest BCUT2D eigenvalue weighted by molar-refractivity contribution is 14.0. The van der Waals surface area contributed by atoms with Crippen LogP contribution in [0.2, 0.25) is 0 Å². The van der Waals surface area contributed by atoms with E-state index < -0.39 is 0 Å². The predicted octanol–water partition coefficient (Wildman–Crippen LogP) is 2.39. The normalized spacial score (nSPS) is 10.6. The Balaban J connectivity index is 0.00000338. The number of aromatic nitrogens is 1. The number of rotatable bonds is 8. The Morgan fingerprint density at radius 1 is 1.04 bits per heavy atom. The number of guanidine groups is 1. The monoisotopic (exact) mass is 485 g/mol. The molecule has 1 aromatic carbocycles. The summed E-state index contributed by atoms with van der Waals surface area (Å²) in [5, 5.41) is 9.27. The number of nitrogens with one attached hydrogen (secondary N) is 3. The van der Waals surface area contributed by atoms with Gasteiger partial charge >= 0.3 is 0 Å². The molecule has 0 fully saturated rings. The van der Waals surface area contributed by atoms with Crippen molar-refractivity contribution in [2.24, 2.45) is 4.99 Å². The topological polar surface area (TPSA) is 78.4 Å². The number of benzene rings is 1. The Morgan fingerprint density at radius 3 is 2.46 bits per heavy atom. The Hall–Kier alpha value is -1.81. The second-order valence-electron chi connectivity index (χ2n) is 5.08. The minimum Gasteiger partial charge on any atom is -0.356 e. The second-order valence-corrected chi connectivity index (χ2v) is 6.25. The van der Waals surface area contributed by atoms with E-state index in [0.29, 0.717) is 18.7 Å². The summed E-state index contributed by atoms with van der Waals surface area (Å²) < 4.78 is 0. The van der Waals surface area contributed by atoms with Crippen molar-refractivity contribution in [1.82, 2.24) is 20.9 Å². The summed E-state index contributed by atoms with van der Waals surface area (Å²) in [7, 11) is 1.73. The average Bonchev–Trinajstić information content (AvgIpc) is 2.68. The summed E-state index contributed by atoms with van der Waals surface area (Å²) in [5.74, 6) is 1.55. The van der Waals surface area contributed by atoms with E-state index in [9.17, 15) is 4.79 Å². The van der Waals surface area contributed by atoms with Crippen LogP contribution in [0.15, 0.2) is 64.7 Å². The Kier molecular flexibility index (Phi) is 11.5. The SMILES string of the molecule is CN=C(NCCNC(=O)c1cccnc1)NCCSc1ccccc1.I. The van der Waals surface area contributed by atoms with E-state index in [1.165, 1.54) is 4.90 Å². The van der Waals surface area contributed by atoms with Gasteiger partial charge in [-0.2, -0.15) is 0 Å². The molecule has 0 atom stereocenters. The maximum Gasteiger partial charge on any atom is 0.252 e. The van der Waals surface area contributed by atoms with Crippen molar-refractivity contribution in [2.45, 2.75) is 4.90 Å². The summed E-state index contributed by atoms with van der Waals surface area (Å²) in [6, 6.07) is 13.8. The van der Waals surface area contributed by atoms with E-state index in [2.05, 4.69) is 38.1 Å². The lowest BCUT2D eigenvalue weighted by atomic mass is 10.3. The Morgan fingerprint density at radius 2 is 1.77 bits per heavy atom. The van der Waals surface area contributed by atoms with Crippen LogP contribution in [0, 0.1) is 0 Å². The molecule has 140 valence electrons. The van der Waals surface area contributed by atoms with Crippen LogP contribution in [-0.2, 0) is 0 Å². The standard InChI is InChI=1S/C18H23N5OS.HI/c1-19-18(23-12-13-25-16-7-3-2-4-8-16)22-11-10-21-17(24)15-6-5-9-20-14-15;/h2-9,14H,10-13H2,1H3,(H,21,24)(H2,19,22,23);1H. The first-order chi connectivity index (χ1) is 12.3. The van der Waals surface area contributed by atoms with Crippen LogP contribution in [0.4, 0.5) is 0 Å². The first kappa shape index (κ1) is 22.2. The summed E-state index contributed by atoms with van der Waals surface area (Å²) in [6.45, 7) is 1.91. The van der Waals surface area contributed by atoms with E-state index in [1.54, 1.807) is 43.3 Å². The molecule has 1 amide bonds. The van der Waals surface area contributed by atoms with Gasteiger partial charge in [0, 0.05) is 49.7 Å². The number of pyridine rings is 1. The van der Waals surface area contributed by atoms with Crippen molar-refractivity contribution in [1.29, 1.82) is 0 Å². The molecule has 0 bridgehead atoms. The van der Waals surface area contributed by atoms with Crippen LogP contribution in [0.3, 0.4) is 0 Å². The highest BCUT2D eigenvalue weighted by Gasteiger charge is 2.04. The fourth-order valence-corrected chi connectivity index (χ4v) is 2.82. The molecule has 0 radical (unpaired) electrons. The summed E-state index contributed by atoms with van der Waals surface area (Å²) in [6.07, 6.45) is 3.19. The fraction of sp³-hybridized carbons (Fsp3) is 0.278. The molecule has 1 heterocycles. The van der Waals surface area contributed by atoms with Crippen LogP contribution >= 0.6 is 35.7 Å². The molecule has 0 unspecified atom stereocenters. The van der Waals surface area contributed by atoms with Gasteiger partial charge in [0.15, 0.2) is 5.96 Å². The number of carbonyl (C=O) groups is 1. The van der Waals surface area contributed by atoms with Crippen LogP contribution in [0.1, 0.15) is 10.4 Å². The first-order valence-electron chi connectivity index (χ1n) is 8.10. The van der Waals surface area contributed by atoms with Crippen LogP contribution in [0.5, 0.6) is 0 Å². The molecule has 2 aromatic rings. The summed E-state index contributed by atoms with van der Waals surface area (Å²) >= 11 is 1.79. The van der Waals surface area contributed by atoms with Crippen LogP contribution in [0.25, 0.3) is 0 Å². The van der Waals surface area contributed by atoms with E-state index >= 15 is 0 Å². The van der Waals surface area contributed by atoms with Gasteiger partial charge in [0.2, 0.25) is 0 Å². The van der Waals surface area contributed by atoms with E-state index in [4.69, 9.17) is 0 Å². The molecule has 0 aliphatic carbocycles. The molecule has 0 saturated carbocycles. The quantitative estimate of drug-likeness (QED) is 0.176. The van der Waals surface area contributed by atoms with Crippen molar-refractivity contribution in [3.05, 3.63) is 60.4 Å². The number of thioether (sulfide) groups is 1. The summed E-state index contributed by atoms with van der Waals surface area (Å²) in [5.41, 5.74) is 0.558. The zero-order valence-corrected chi connectivity index (χ0v) is 17.8. The van der Waals surface area contributed by atoms with Crippen molar-refractivity contribution in [3.8, 4) is 0 Å². The number of hydrogen-bond donors (Lipinski definition) is 3. The molecule has 8 heteroatoms. The molecule has 2 rings (SSSR count). The van der Waals surface area contributed by atoms with Gasteiger partial charge in [0.1, 0.15) is 0 Å². The third kappa shape index (κ3) is 8.52. The molecule has 0 spiro atoms. The zero-order chi connectivity index (χ0) is 17.7. The summed E-state index contributed by atoms with van der Waals surface area (Å²) in [4.78, 5) is 21.2. The van der Waals surface area contributed by atoms with Gasteiger partial charge in [-0.25, -0.2) is 0 Å². The number of halogens is 1. The highest BCUT2D eigenvalue weighted by Crippen LogP contribution is 2.15. The van der Waals surface area contributed by atoms with Crippen molar-refractivity contribution >= 4 is 47.6 Å². The van der Waals surface area contributed by atoms with Crippen molar-refractivity contribution in [3.63, 3.8) is 0 Å². The fourth-order valence-electron chi connectivity index (χ4n) is 2.03. The second kappa shape index (κ2) is 13.4. The maximum absolute atomic E-state index is 11.9. The minimum atomic E-state index is -0.128. The van der Waals surface area contributed by atoms with Gasteiger partial charge in [-0.1, -0.05) is 18.2 Å². The Bertz CT molecular complexity index is 670. The van der Waals surface area contributed by atoms with Crippen LogP contribution in [-0.4, -0.2) is 49.3 Å². The molecular formula is C18H24IN5OS.